The van der Waals surface area contributed by atoms with Crippen molar-refractivity contribution in [2.45, 2.75) is 20.0 Å². The van der Waals surface area contributed by atoms with Crippen molar-refractivity contribution in [3.8, 4) is 0 Å². The Bertz CT molecular complexity index is 352. The number of hydrogen-bond acceptors (Lipinski definition) is 3. The highest BCUT2D eigenvalue weighted by Crippen LogP contribution is 2.07. The summed E-state index contributed by atoms with van der Waals surface area (Å²) in [7, 11) is 0. The van der Waals surface area contributed by atoms with Crippen molar-refractivity contribution in [2.24, 2.45) is 0 Å². The minimum Gasteiger partial charge on any atom is -0.460 e. The Labute approximate surface area is 89.5 Å². The van der Waals surface area contributed by atoms with E-state index in [1.54, 1.807) is 18.2 Å². The molecule has 0 aliphatic heterocycles. The summed E-state index contributed by atoms with van der Waals surface area (Å²) in [5, 5.41) is 0. The van der Waals surface area contributed by atoms with Gasteiger partial charge in [0, 0.05) is 11.8 Å². The summed E-state index contributed by atoms with van der Waals surface area (Å²) in [6.45, 7) is 3.63. The molecule has 0 aromatic heterocycles. The van der Waals surface area contributed by atoms with Gasteiger partial charge >= 0.3 is 5.97 Å². The summed E-state index contributed by atoms with van der Waals surface area (Å²) in [6, 6.07) is 7.25. The summed E-state index contributed by atoms with van der Waals surface area (Å²) in [5.74, 6) is -0.332. The smallest absolute Gasteiger partial charge is 0.331 e. The molecule has 0 fully saturated rings. The second-order valence-electron chi connectivity index (χ2n) is 3.49. The molecule has 3 nitrogen and oxygen atoms in total. The molecule has 0 spiro atoms. The van der Waals surface area contributed by atoms with Crippen LogP contribution in [0.15, 0.2) is 30.3 Å². The van der Waals surface area contributed by atoms with E-state index in [4.69, 9.17) is 10.5 Å². The molecule has 1 aromatic carbocycles. The van der Waals surface area contributed by atoms with E-state index >= 15 is 0 Å². The van der Waals surface area contributed by atoms with Gasteiger partial charge < -0.3 is 10.5 Å². The zero-order valence-electron chi connectivity index (χ0n) is 8.94. The van der Waals surface area contributed by atoms with Crippen LogP contribution in [0.25, 0.3) is 6.08 Å². The number of anilines is 1. The Kier molecular flexibility index (Phi) is 3.92. The first-order chi connectivity index (χ1) is 7.08. The number of hydrogen-bond donors (Lipinski definition) is 1. The molecule has 1 aromatic rings. The number of esters is 1. The van der Waals surface area contributed by atoms with Crippen LogP contribution in [0.1, 0.15) is 19.4 Å². The van der Waals surface area contributed by atoms with Crippen LogP contribution in [-0.4, -0.2) is 12.1 Å². The topological polar surface area (TPSA) is 52.3 Å². The van der Waals surface area contributed by atoms with Crippen molar-refractivity contribution in [3.05, 3.63) is 35.9 Å². The Morgan fingerprint density at radius 3 is 2.47 bits per heavy atom. The normalized spacial score (nSPS) is 10.9. The summed E-state index contributed by atoms with van der Waals surface area (Å²) in [6.07, 6.45) is 3.02. The lowest BCUT2D eigenvalue weighted by Gasteiger charge is -2.03. The predicted molar refractivity (Wildman–Crippen MR) is 61.1 cm³/mol. The number of nitrogens with two attached hydrogens (primary N) is 1. The monoisotopic (exact) mass is 205 g/mol. The van der Waals surface area contributed by atoms with E-state index in [9.17, 15) is 4.79 Å². The Morgan fingerprint density at radius 2 is 1.93 bits per heavy atom. The fraction of sp³-hybridized carbons (Fsp3) is 0.250. The lowest BCUT2D eigenvalue weighted by Crippen LogP contribution is -2.08. The molecule has 1 rings (SSSR count). The molecule has 0 saturated heterocycles. The maximum atomic E-state index is 11.2. The molecule has 80 valence electrons. The molecule has 0 radical (unpaired) electrons. The van der Waals surface area contributed by atoms with Gasteiger partial charge in [0.25, 0.3) is 0 Å². The molecular weight excluding hydrogens is 190 g/mol. The van der Waals surface area contributed by atoms with E-state index in [1.807, 2.05) is 26.0 Å². The van der Waals surface area contributed by atoms with E-state index in [0.29, 0.717) is 5.69 Å². The van der Waals surface area contributed by atoms with E-state index in [-0.39, 0.29) is 12.1 Å². The summed E-state index contributed by atoms with van der Waals surface area (Å²) in [5.41, 5.74) is 7.16. The average Bonchev–Trinajstić information content (AvgIpc) is 2.16. The van der Waals surface area contributed by atoms with Gasteiger partial charge in [-0.2, -0.15) is 0 Å². The molecule has 0 aliphatic carbocycles. The SMILES string of the molecule is CC(C)OC(=O)C=Cc1ccc(N)cc1. The van der Waals surface area contributed by atoms with Crippen LogP contribution in [0.3, 0.4) is 0 Å². The fourth-order valence-electron chi connectivity index (χ4n) is 1.04. The molecule has 15 heavy (non-hydrogen) atoms. The molecule has 2 N–H and O–H groups in total. The van der Waals surface area contributed by atoms with E-state index < -0.39 is 0 Å². The highest BCUT2D eigenvalue weighted by molar-refractivity contribution is 5.87. The highest BCUT2D eigenvalue weighted by Gasteiger charge is 1.99. The number of carbonyl (C=O) groups is 1. The lowest BCUT2D eigenvalue weighted by molar-refractivity contribution is -0.141. The first kappa shape index (κ1) is 11.3. The van der Waals surface area contributed by atoms with E-state index in [1.165, 1.54) is 6.08 Å². The van der Waals surface area contributed by atoms with Crippen LogP contribution in [0.2, 0.25) is 0 Å². The minimum absolute atomic E-state index is 0.0893. The average molecular weight is 205 g/mol. The van der Waals surface area contributed by atoms with Crippen LogP contribution in [-0.2, 0) is 9.53 Å². The molecule has 0 heterocycles. The van der Waals surface area contributed by atoms with Crippen molar-refractivity contribution in [3.63, 3.8) is 0 Å². The number of benzene rings is 1. The quantitative estimate of drug-likeness (QED) is 0.467. The van der Waals surface area contributed by atoms with Crippen molar-refractivity contribution < 1.29 is 9.53 Å². The van der Waals surface area contributed by atoms with Gasteiger partial charge in [-0.15, -0.1) is 0 Å². The highest BCUT2D eigenvalue weighted by atomic mass is 16.5. The van der Waals surface area contributed by atoms with Crippen molar-refractivity contribution in [1.29, 1.82) is 0 Å². The third-order valence-electron chi connectivity index (χ3n) is 1.70. The van der Waals surface area contributed by atoms with Crippen molar-refractivity contribution in [1.82, 2.24) is 0 Å². The third kappa shape index (κ3) is 4.31. The van der Waals surface area contributed by atoms with Crippen molar-refractivity contribution in [2.75, 3.05) is 5.73 Å². The number of ether oxygens (including phenoxy) is 1. The lowest BCUT2D eigenvalue weighted by atomic mass is 10.2. The van der Waals surface area contributed by atoms with Gasteiger partial charge in [0.05, 0.1) is 6.10 Å². The van der Waals surface area contributed by atoms with Gasteiger partial charge in [-0.25, -0.2) is 4.79 Å². The molecule has 0 bridgehead atoms. The van der Waals surface area contributed by atoms with Crippen LogP contribution >= 0.6 is 0 Å². The molecular formula is C12H15NO2. The standard InChI is InChI=1S/C12H15NO2/c1-9(2)15-12(14)8-5-10-3-6-11(13)7-4-10/h3-9H,13H2,1-2H3. The third-order valence-corrected chi connectivity index (χ3v) is 1.70. The molecule has 0 aliphatic rings. The van der Waals surface area contributed by atoms with E-state index in [0.717, 1.165) is 5.56 Å². The number of carbonyl (C=O) groups excluding carboxylic acids is 1. The Hall–Kier alpha value is -1.77. The van der Waals surface area contributed by atoms with Crippen molar-refractivity contribution >= 4 is 17.7 Å². The second-order valence-corrected chi connectivity index (χ2v) is 3.49. The predicted octanol–water partition coefficient (Wildman–Crippen LogP) is 2.23. The Balaban J connectivity index is 2.57. The van der Waals surface area contributed by atoms with Gasteiger partial charge in [-0.1, -0.05) is 12.1 Å². The molecule has 3 heteroatoms. The van der Waals surface area contributed by atoms with Gasteiger partial charge in [0.1, 0.15) is 0 Å². The zero-order valence-corrected chi connectivity index (χ0v) is 8.94. The van der Waals surface area contributed by atoms with Crippen LogP contribution in [0, 0.1) is 0 Å². The molecule has 0 amide bonds. The number of nitrogen functional groups attached to an aromatic ring is 1. The molecule has 0 saturated carbocycles. The molecule has 0 unspecified atom stereocenters. The van der Waals surface area contributed by atoms with Crippen LogP contribution < -0.4 is 5.73 Å². The van der Waals surface area contributed by atoms with Gasteiger partial charge in [-0.05, 0) is 37.6 Å². The largest absolute Gasteiger partial charge is 0.460 e. The zero-order chi connectivity index (χ0) is 11.3. The first-order valence-corrected chi connectivity index (χ1v) is 4.82. The van der Waals surface area contributed by atoms with Crippen LogP contribution in [0.4, 0.5) is 5.69 Å². The van der Waals surface area contributed by atoms with Gasteiger partial charge in [-0.3, -0.25) is 0 Å². The van der Waals surface area contributed by atoms with Gasteiger partial charge in [0.15, 0.2) is 0 Å². The maximum absolute atomic E-state index is 11.2. The Morgan fingerprint density at radius 1 is 1.33 bits per heavy atom. The first-order valence-electron chi connectivity index (χ1n) is 4.82. The van der Waals surface area contributed by atoms with Crippen LogP contribution in [0.5, 0.6) is 0 Å². The summed E-state index contributed by atoms with van der Waals surface area (Å²) in [4.78, 5) is 11.2. The van der Waals surface area contributed by atoms with Gasteiger partial charge in [0.2, 0.25) is 0 Å². The fourth-order valence-corrected chi connectivity index (χ4v) is 1.04. The minimum atomic E-state index is -0.332. The second kappa shape index (κ2) is 5.20. The summed E-state index contributed by atoms with van der Waals surface area (Å²) < 4.78 is 4.95. The summed E-state index contributed by atoms with van der Waals surface area (Å²) >= 11 is 0. The number of rotatable bonds is 3. The molecule has 0 atom stereocenters. The maximum Gasteiger partial charge on any atom is 0.331 e. The van der Waals surface area contributed by atoms with E-state index in [2.05, 4.69) is 0 Å².